The molecule has 1 aliphatic rings. The Balaban J connectivity index is 2.11. The minimum atomic E-state index is -4.85. The molecule has 114 valence electrons. The fourth-order valence-corrected chi connectivity index (χ4v) is 2.24. The molecule has 0 saturated heterocycles. The Morgan fingerprint density at radius 1 is 1.19 bits per heavy atom. The summed E-state index contributed by atoms with van der Waals surface area (Å²) in [5, 5.41) is 2.57. The van der Waals surface area contributed by atoms with Crippen molar-refractivity contribution in [2.75, 3.05) is 0 Å². The number of ketones is 1. The summed E-state index contributed by atoms with van der Waals surface area (Å²) in [6.07, 6.45) is -3.21. The van der Waals surface area contributed by atoms with Crippen molar-refractivity contribution >= 4 is 11.7 Å². The van der Waals surface area contributed by atoms with Crippen molar-refractivity contribution in [1.82, 2.24) is 5.32 Å². The molecule has 0 aliphatic heterocycles. The van der Waals surface area contributed by atoms with Crippen molar-refractivity contribution < 1.29 is 27.2 Å². The Morgan fingerprint density at radius 3 is 2.38 bits per heavy atom. The summed E-state index contributed by atoms with van der Waals surface area (Å²) < 4.78 is 50.9. The van der Waals surface area contributed by atoms with Gasteiger partial charge in [-0.2, -0.15) is 13.2 Å². The van der Waals surface area contributed by atoms with Gasteiger partial charge < -0.3 is 5.32 Å². The first kappa shape index (κ1) is 15.5. The van der Waals surface area contributed by atoms with Gasteiger partial charge in [0.25, 0.3) is 5.91 Å². The molecule has 0 unspecified atom stereocenters. The second-order valence-corrected chi connectivity index (χ2v) is 4.98. The largest absolute Gasteiger partial charge is 0.419 e. The third-order valence-corrected chi connectivity index (χ3v) is 3.41. The highest BCUT2D eigenvalue weighted by Gasteiger charge is 2.34. The Morgan fingerprint density at radius 2 is 1.81 bits per heavy atom. The molecule has 21 heavy (non-hydrogen) atoms. The second kappa shape index (κ2) is 5.83. The molecule has 0 radical (unpaired) electrons. The van der Waals surface area contributed by atoms with Gasteiger partial charge >= 0.3 is 6.18 Å². The van der Waals surface area contributed by atoms with Crippen LogP contribution in [0.4, 0.5) is 17.6 Å². The lowest BCUT2D eigenvalue weighted by Gasteiger charge is -2.22. The molecule has 3 nitrogen and oxygen atoms in total. The zero-order chi connectivity index (χ0) is 15.6. The Kier molecular flexibility index (Phi) is 4.29. The molecule has 1 amide bonds. The molecular formula is C14H13F4NO2. The van der Waals surface area contributed by atoms with E-state index in [9.17, 15) is 27.2 Å². The standard InChI is InChI=1S/C14H13F4NO2/c15-12-6-1-8(7-11(12)14(16,17)18)13(21)19-9-2-4-10(20)5-3-9/h1,6-7,9H,2-5H2,(H,19,21). The van der Waals surface area contributed by atoms with Crippen LogP contribution in [0.25, 0.3) is 0 Å². The van der Waals surface area contributed by atoms with Gasteiger partial charge in [0.15, 0.2) is 0 Å². The van der Waals surface area contributed by atoms with Gasteiger partial charge in [-0.1, -0.05) is 0 Å². The summed E-state index contributed by atoms with van der Waals surface area (Å²) in [6.45, 7) is 0. The number of alkyl halides is 3. The third kappa shape index (κ3) is 3.80. The van der Waals surface area contributed by atoms with Crippen molar-refractivity contribution in [3.63, 3.8) is 0 Å². The molecular weight excluding hydrogens is 290 g/mol. The van der Waals surface area contributed by atoms with Crippen LogP contribution in [0, 0.1) is 5.82 Å². The van der Waals surface area contributed by atoms with E-state index < -0.39 is 23.5 Å². The van der Waals surface area contributed by atoms with Crippen LogP contribution in [0.15, 0.2) is 18.2 Å². The minimum absolute atomic E-state index is 0.113. The quantitative estimate of drug-likeness (QED) is 0.853. The maximum absolute atomic E-state index is 13.1. The summed E-state index contributed by atoms with van der Waals surface area (Å²) in [6, 6.07) is 1.89. The summed E-state index contributed by atoms with van der Waals surface area (Å²) in [4.78, 5) is 23.0. The van der Waals surface area contributed by atoms with E-state index in [-0.39, 0.29) is 17.4 Å². The number of hydrogen-bond donors (Lipinski definition) is 1. The monoisotopic (exact) mass is 303 g/mol. The lowest BCUT2D eigenvalue weighted by molar-refractivity contribution is -0.140. The first-order valence-electron chi connectivity index (χ1n) is 6.46. The molecule has 0 heterocycles. The lowest BCUT2D eigenvalue weighted by Crippen LogP contribution is -2.37. The third-order valence-electron chi connectivity index (χ3n) is 3.41. The van der Waals surface area contributed by atoms with Crippen molar-refractivity contribution in [2.45, 2.75) is 37.9 Å². The molecule has 2 rings (SSSR count). The molecule has 1 N–H and O–H groups in total. The van der Waals surface area contributed by atoms with Gasteiger partial charge in [0.2, 0.25) is 0 Å². The summed E-state index contributed by atoms with van der Waals surface area (Å²) in [5.41, 5.74) is -1.71. The molecule has 1 aromatic carbocycles. The normalized spacial score (nSPS) is 16.9. The van der Waals surface area contributed by atoms with E-state index in [4.69, 9.17) is 0 Å². The average molecular weight is 303 g/mol. The van der Waals surface area contributed by atoms with Crippen LogP contribution in [0.1, 0.15) is 41.6 Å². The van der Waals surface area contributed by atoms with Crippen LogP contribution in [0.5, 0.6) is 0 Å². The van der Waals surface area contributed by atoms with E-state index in [0.29, 0.717) is 37.8 Å². The molecule has 0 bridgehead atoms. The van der Waals surface area contributed by atoms with Crippen molar-refractivity contribution in [1.29, 1.82) is 0 Å². The minimum Gasteiger partial charge on any atom is -0.349 e. The van der Waals surface area contributed by atoms with E-state index in [1.54, 1.807) is 0 Å². The van der Waals surface area contributed by atoms with Crippen LogP contribution in [-0.4, -0.2) is 17.7 Å². The SMILES string of the molecule is O=C1CCC(NC(=O)c2ccc(F)c(C(F)(F)F)c2)CC1. The van der Waals surface area contributed by atoms with Gasteiger partial charge in [-0.3, -0.25) is 9.59 Å². The van der Waals surface area contributed by atoms with Crippen molar-refractivity contribution in [3.05, 3.63) is 35.1 Å². The van der Waals surface area contributed by atoms with Crippen LogP contribution in [0.2, 0.25) is 0 Å². The Hall–Kier alpha value is -1.92. The summed E-state index contributed by atoms with van der Waals surface area (Å²) in [7, 11) is 0. The number of nitrogens with one attached hydrogen (secondary N) is 1. The van der Waals surface area contributed by atoms with Gasteiger partial charge in [-0.15, -0.1) is 0 Å². The number of hydrogen-bond acceptors (Lipinski definition) is 2. The predicted octanol–water partition coefficient (Wildman–Crippen LogP) is 3.09. The van der Waals surface area contributed by atoms with E-state index in [2.05, 4.69) is 5.32 Å². The van der Waals surface area contributed by atoms with E-state index in [1.807, 2.05) is 0 Å². The first-order chi connectivity index (χ1) is 9.77. The average Bonchev–Trinajstić information content (AvgIpc) is 2.40. The van der Waals surface area contributed by atoms with E-state index >= 15 is 0 Å². The van der Waals surface area contributed by atoms with E-state index in [0.717, 1.165) is 6.07 Å². The molecule has 1 aromatic rings. The van der Waals surface area contributed by atoms with Gasteiger partial charge in [-0.05, 0) is 31.0 Å². The van der Waals surface area contributed by atoms with Crippen molar-refractivity contribution in [3.8, 4) is 0 Å². The molecule has 1 fully saturated rings. The smallest absolute Gasteiger partial charge is 0.349 e. The number of Topliss-reactive ketones (excluding diaryl/α,β-unsaturated/α-hetero) is 1. The van der Waals surface area contributed by atoms with Crippen LogP contribution >= 0.6 is 0 Å². The molecule has 1 saturated carbocycles. The van der Waals surface area contributed by atoms with Crippen molar-refractivity contribution in [2.24, 2.45) is 0 Å². The summed E-state index contributed by atoms with van der Waals surface area (Å²) in [5.74, 6) is -2.00. The highest BCUT2D eigenvalue weighted by molar-refractivity contribution is 5.94. The number of rotatable bonds is 2. The van der Waals surface area contributed by atoms with E-state index in [1.165, 1.54) is 0 Å². The molecule has 0 atom stereocenters. The lowest BCUT2D eigenvalue weighted by atomic mass is 9.94. The number of benzene rings is 1. The van der Waals surface area contributed by atoms with Gasteiger partial charge in [0, 0.05) is 24.4 Å². The predicted molar refractivity (Wildman–Crippen MR) is 66.1 cm³/mol. The number of carbonyl (C=O) groups is 2. The first-order valence-corrected chi connectivity index (χ1v) is 6.46. The zero-order valence-electron chi connectivity index (χ0n) is 11.0. The van der Waals surface area contributed by atoms with Crippen LogP contribution < -0.4 is 5.32 Å². The van der Waals surface area contributed by atoms with Gasteiger partial charge in [-0.25, -0.2) is 4.39 Å². The Labute approximate surface area is 118 Å². The van der Waals surface area contributed by atoms with Crippen LogP contribution in [0.3, 0.4) is 0 Å². The van der Waals surface area contributed by atoms with Crippen LogP contribution in [-0.2, 0) is 11.0 Å². The highest BCUT2D eigenvalue weighted by atomic mass is 19.4. The molecule has 7 heteroatoms. The maximum atomic E-state index is 13.1. The van der Waals surface area contributed by atoms with Gasteiger partial charge in [0.1, 0.15) is 11.6 Å². The van der Waals surface area contributed by atoms with Gasteiger partial charge in [0.05, 0.1) is 5.56 Å². The highest BCUT2D eigenvalue weighted by Crippen LogP contribution is 2.32. The fourth-order valence-electron chi connectivity index (χ4n) is 2.24. The Bertz CT molecular complexity index is 559. The second-order valence-electron chi connectivity index (χ2n) is 4.98. The summed E-state index contributed by atoms with van der Waals surface area (Å²) >= 11 is 0. The number of carbonyl (C=O) groups excluding carboxylic acids is 2. The molecule has 0 spiro atoms. The number of amides is 1. The fraction of sp³-hybridized carbons (Fsp3) is 0.429. The topological polar surface area (TPSA) is 46.2 Å². The maximum Gasteiger partial charge on any atom is 0.419 e. The molecule has 1 aliphatic carbocycles. The number of halogens is 4. The zero-order valence-corrected chi connectivity index (χ0v) is 11.0. The molecule has 0 aromatic heterocycles.